The average molecular weight is 346 g/mol. The number of carboxylic acid groups (broad SMARTS) is 1. The Morgan fingerprint density at radius 1 is 1.25 bits per heavy atom. The highest BCUT2D eigenvalue weighted by atomic mass is 32.2. The summed E-state index contributed by atoms with van der Waals surface area (Å²) in [5.41, 5.74) is 0.119. The third-order valence-corrected chi connectivity index (χ3v) is 5.08. The van der Waals surface area contributed by atoms with Crippen LogP contribution in [0.4, 0.5) is 5.69 Å². The molecule has 2 aromatic carbocycles. The van der Waals surface area contributed by atoms with Gasteiger partial charge in [-0.05, 0) is 29.8 Å². The second kappa shape index (κ2) is 7.18. The van der Waals surface area contributed by atoms with Crippen molar-refractivity contribution in [1.29, 1.82) is 0 Å². The van der Waals surface area contributed by atoms with Crippen molar-refractivity contribution < 1.29 is 23.1 Å². The third kappa shape index (κ3) is 3.41. The summed E-state index contributed by atoms with van der Waals surface area (Å²) in [5.74, 6) is -1.07. The van der Waals surface area contributed by atoms with Gasteiger partial charge in [0.15, 0.2) is 0 Å². The van der Waals surface area contributed by atoms with Crippen molar-refractivity contribution in [2.75, 3.05) is 18.0 Å². The largest absolute Gasteiger partial charge is 0.545 e. The number of hydrogen-bond acceptors (Lipinski definition) is 5. The Bertz CT molecular complexity index is 861. The van der Waals surface area contributed by atoms with Gasteiger partial charge in [-0.3, -0.25) is 4.31 Å². The lowest BCUT2D eigenvalue weighted by molar-refractivity contribution is -0.255. The van der Waals surface area contributed by atoms with Gasteiger partial charge < -0.3 is 14.6 Å². The molecule has 0 N–H and O–H groups in total. The number of para-hydroxylation sites is 2. The molecule has 6 nitrogen and oxygen atoms in total. The topological polar surface area (TPSA) is 86.7 Å². The molecule has 0 aromatic heterocycles. The fourth-order valence-electron chi connectivity index (χ4n) is 2.19. The van der Waals surface area contributed by atoms with Gasteiger partial charge in [-0.2, -0.15) is 0 Å². The number of benzene rings is 2. The van der Waals surface area contributed by atoms with E-state index < -0.39 is 16.0 Å². The van der Waals surface area contributed by atoms with Crippen LogP contribution in [0.2, 0.25) is 0 Å². The number of carbonyl (C=O) groups is 1. The summed E-state index contributed by atoms with van der Waals surface area (Å²) in [6.45, 7) is 3.58. The van der Waals surface area contributed by atoms with Crippen molar-refractivity contribution in [1.82, 2.24) is 0 Å². The molecule has 0 saturated carbocycles. The van der Waals surface area contributed by atoms with Crippen LogP contribution >= 0.6 is 0 Å². The third-order valence-electron chi connectivity index (χ3n) is 3.31. The number of anilines is 1. The van der Waals surface area contributed by atoms with Crippen LogP contribution in [0.3, 0.4) is 0 Å². The van der Waals surface area contributed by atoms with E-state index in [2.05, 4.69) is 6.58 Å². The lowest BCUT2D eigenvalue weighted by atomic mass is 10.2. The number of aromatic carboxylic acids is 1. The minimum Gasteiger partial charge on any atom is -0.545 e. The van der Waals surface area contributed by atoms with Gasteiger partial charge in [-0.15, -0.1) is 6.58 Å². The maximum atomic E-state index is 13.0. The maximum Gasteiger partial charge on any atom is 0.264 e. The first kappa shape index (κ1) is 17.6. The lowest BCUT2D eigenvalue weighted by Crippen LogP contribution is -2.32. The molecule has 0 radical (unpaired) electrons. The van der Waals surface area contributed by atoms with Crippen molar-refractivity contribution >= 4 is 21.7 Å². The molecule has 0 fully saturated rings. The van der Waals surface area contributed by atoms with Crippen molar-refractivity contribution in [3.05, 3.63) is 66.7 Å². The summed E-state index contributed by atoms with van der Waals surface area (Å²) in [6.07, 6.45) is 1.44. The number of ether oxygens (including phenoxy) is 1. The highest BCUT2D eigenvalue weighted by molar-refractivity contribution is 7.92. The summed E-state index contributed by atoms with van der Waals surface area (Å²) >= 11 is 0. The number of sulfonamides is 1. The molecule has 0 aliphatic heterocycles. The normalized spacial score (nSPS) is 10.9. The molecule has 0 amide bonds. The van der Waals surface area contributed by atoms with Gasteiger partial charge in [-0.1, -0.05) is 30.3 Å². The van der Waals surface area contributed by atoms with E-state index in [1.165, 1.54) is 31.4 Å². The molecule has 0 spiro atoms. The fourth-order valence-corrected chi connectivity index (χ4v) is 3.68. The van der Waals surface area contributed by atoms with E-state index in [0.717, 1.165) is 10.4 Å². The van der Waals surface area contributed by atoms with E-state index in [9.17, 15) is 18.3 Å². The average Bonchev–Trinajstić information content (AvgIpc) is 2.59. The van der Waals surface area contributed by atoms with E-state index in [1.54, 1.807) is 24.3 Å². The molecule has 2 rings (SSSR count). The highest BCUT2D eigenvalue weighted by Gasteiger charge is 2.26. The number of nitrogens with zero attached hydrogens (tertiary/aromatic N) is 1. The van der Waals surface area contributed by atoms with Crippen molar-refractivity contribution in [2.45, 2.75) is 4.90 Å². The van der Waals surface area contributed by atoms with Gasteiger partial charge in [-0.25, -0.2) is 8.42 Å². The first-order chi connectivity index (χ1) is 11.4. The first-order valence-corrected chi connectivity index (χ1v) is 8.44. The van der Waals surface area contributed by atoms with Gasteiger partial charge in [0.25, 0.3) is 10.0 Å². The summed E-state index contributed by atoms with van der Waals surface area (Å²) in [6, 6.07) is 11.7. The zero-order valence-electron chi connectivity index (χ0n) is 13.0. The molecule has 0 bridgehead atoms. The Balaban J connectivity index is 2.59. The quantitative estimate of drug-likeness (QED) is 0.708. The zero-order chi connectivity index (χ0) is 17.7. The van der Waals surface area contributed by atoms with Gasteiger partial charge in [0, 0.05) is 0 Å². The minimum atomic E-state index is -4.01. The van der Waals surface area contributed by atoms with Crippen LogP contribution < -0.4 is 14.1 Å². The van der Waals surface area contributed by atoms with Crippen LogP contribution in [-0.2, 0) is 10.0 Å². The Hall–Kier alpha value is -2.80. The summed E-state index contributed by atoms with van der Waals surface area (Å²) < 4.78 is 32.3. The number of hydrogen-bond donors (Lipinski definition) is 0. The van der Waals surface area contributed by atoms with Crippen molar-refractivity contribution in [3.8, 4) is 5.75 Å². The van der Waals surface area contributed by atoms with Crippen LogP contribution in [0.1, 0.15) is 10.4 Å². The lowest BCUT2D eigenvalue weighted by Gasteiger charge is -2.25. The van der Waals surface area contributed by atoms with E-state index in [4.69, 9.17) is 4.74 Å². The zero-order valence-corrected chi connectivity index (χ0v) is 13.8. The van der Waals surface area contributed by atoms with Crippen LogP contribution in [0.5, 0.6) is 5.75 Å². The Labute approximate surface area is 140 Å². The van der Waals surface area contributed by atoms with Gasteiger partial charge in [0.1, 0.15) is 5.75 Å². The standard InChI is InChI=1S/C17H17NO5S/c1-3-11-18(15-9-4-5-10-16(15)23-2)24(21,22)14-8-6-7-13(12-14)17(19)20/h3-10,12H,1,11H2,2H3,(H,19,20)/p-1. The molecular weight excluding hydrogens is 330 g/mol. The molecule has 0 aliphatic carbocycles. The molecule has 0 unspecified atom stereocenters. The molecule has 0 heterocycles. The molecule has 126 valence electrons. The monoisotopic (exact) mass is 346 g/mol. The summed E-state index contributed by atoms with van der Waals surface area (Å²) in [5, 5.41) is 11.0. The highest BCUT2D eigenvalue weighted by Crippen LogP contribution is 2.32. The summed E-state index contributed by atoms with van der Waals surface area (Å²) in [4.78, 5) is 10.8. The number of rotatable bonds is 7. The van der Waals surface area contributed by atoms with Crippen LogP contribution in [0.25, 0.3) is 0 Å². The van der Waals surface area contributed by atoms with E-state index in [-0.39, 0.29) is 17.0 Å². The molecule has 7 heteroatoms. The van der Waals surface area contributed by atoms with E-state index >= 15 is 0 Å². The van der Waals surface area contributed by atoms with Crippen molar-refractivity contribution in [2.24, 2.45) is 0 Å². The molecular formula is C17H16NO5S-. The Kier molecular flexibility index (Phi) is 5.25. The van der Waals surface area contributed by atoms with Gasteiger partial charge in [0.05, 0.1) is 30.2 Å². The number of carboxylic acids is 1. The predicted molar refractivity (Wildman–Crippen MR) is 88.5 cm³/mol. The smallest absolute Gasteiger partial charge is 0.264 e. The van der Waals surface area contributed by atoms with Crippen LogP contribution in [-0.4, -0.2) is 28.0 Å². The van der Waals surface area contributed by atoms with Crippen LogP contribution in [0, 0.1) is 0 Å². The Morgan fingerprint density at radius 3 is 2.58 bits per heavy atom. The van der Waals surface area contributed by atoms with Gasteiger partial charge in [0.2, 0.25) is 0 Å². The summed E-state index contributed by atoms with van der Waals surface area (Å²) in [7, 11) is -2.58. The van der Waals surface area contributed by atoms with E-state index in [1.807, 2.05) is 0 Å². The van der Waals surface area contributed by atoms with Crippen LogP contribution in [0.15, 0.2) is 66.1 Å². The first-order valence-electron chi connectivity index (χ1n) is 7.00. The van der Waals surface area contributed by atoms with Crippen molar-refractivity contribution in [3.63, 3.8) is 0 Å². The molecule has 24 heavy (non-hydrogen) atoms. The van der Waals surface area contributed by atoms with Gasteiger partial charge >= 0.3 is 0 Å². The molecule has 2 aromatic rings. The molecule has 0 atom stereocenters. The van der Waals surface area contributed by atoms with E-state index in [0.29, 0.717) is 11.4 Å². The SMILES string of the molecule is C=CCN(c1ccccc1OC)S(=O)(=O)c1cccc(C(=O)[O-])c1. The molecule has 0 aliphatic rings. The second-order valence-electron chi connectivity index (χ2n) is 4.81. The maximum absolute atomic E-state index is 13.0. The Morgan fingerprint density at radius 2 is 1.96 bits per heavy atom. The minimum absolute atomic E-state index is 0.00173. The molecule has 0 saturated heterocycles. The fraction of sp³-hybridized carbons (Fsp3) is 0.118. The predicted octanol–water partition coefficient (Wildman–Crippen LogP) is 1.44. The number of methoxy groups -OCH3 is 1. The second-order valence-corrected chi connectivity index (χ2v) is 6.67. The number of carbonyl (C=O) groups excluding carboxylic acids is 1.